The van der Waals surface area contributed by atoms with Crippen LogP contribution in [0.2, 0.25) is 0 Å². The molecule has 1 amide bonds. The fourth-order valence-electron chi connectivity index (χ4n) is 2.67. The minimum atomic E-state index is -0.376. The number of hydrogen-bond acceptors (Lipinski definition) is 3. The Balaban J connectivity index is 2.22. The number of halogens is 1. The smallest absolute Gasteiger partial charge is 0.325 e. The SMILES string of the molecule is COC(=O)CN(C(=O)c1cc(Br)cn1C)C1CCCC1. The van der Waals surface area contributed by atoms with Gasteiger partial charge in [-0.2, -0.15) is 0 Å². The van der Waals surface area contributed by atoms with Crippen molar-refractivity contribution >= 4 is 27.8 Å². The van der Waals surface area contributed by atoms with Gasteiger partial charge in [-0.25, -0.2) is 0 Å². The Morgan fingerprint density at radius 1 is 1.45 bits per heavy atom. The number of carbonyl (C=O) groups is 2. The molecule has 110 valence electrons. The Hall–Kier alpha value is -1.30. The van der Waals surface area contributed by atoms with Gasteiger partial charge in [-0.15, -0.1) is 0 Å². The number of rotatable bonds is 4. The zero-order chi connectivity index (χ0) is 14.7. The summed E-state index contributed by atoms with van der Waals surface area (Å²) < 4.78 is 7.34. The van der Waals surface area contributed by atoms with Gasteiger partial charge in [-0.1, -0.05) is 12.8 Å². The summed E-state index contributed by atoms with van der Waals surface area (Å²) in [6, 6.07) is 1.91. The number of carbonyl (C=O) groups excluding carboxylic acids is 2. The number of methoxy groups -OCH3 is 1. The van der Waals surface area contributed by atoms with Crippen LogP contribution in [0.25, 0.3) is 0 Å². The highest BCUT2D eigenvalue weighted by Gasteiger charge is 2.30. The van der Waals surface area contributed by atoms with Crippen LogP contribution in [0.3, 0.4) is 0 Å². The first-order chi connectivity index (χ1) is 9.52. The predicted octanol–water partition coefficient (Wildman–Crippen LogP) is 2.35. The molecule has 1 fully saturated rings. The molecule has 6 heteroatoms. The van der Waals surface area contributed by atoms with E-state index in [4.69, 9.17) is 4.74 Å². The molecule has 1 aromatic rings. The Morgan fingerprint density at radius 3 is 2.60 bits per heavy atom. The molecule has 0 radical (unpaired) electrons. The molecule has 0 atom stereocenters. The van der Waals surface area contributed by atoms with Gasteiger partial charge < -0.3 is 14.2 Å². The summed E-state index contributed by atoms with van der Waals surface area (Å²) in [5, 5.41) is 0. The number of esters is 1. The molecular formula is C14H19BrN2O3. The highest BCUT2D eigenvalue weighted by atomic mass is 79.9. The van der Waals surface area contributed by atoms with E-state index in [1.807, 2.05) is 13.2 Å². The van der Waals surface area contributed by atoms with Gasteiger partial charge >= 0.3 is 5.97 Å². The number of nitrogens with zero attached hydrogens (tertiary/aromatic N) is 2. The monoisotopic (exact) mass is 342 g/mol. The molecule has 1 saturated carbocycles. The maximum Gasteiger partial charge on any atom is 0.325 e. The van der Waals surface area contributed by atoms with Gasteiger partial charge in [0.1, 0.15) is 12.2 Å². The summed E-state index contributed by atoms with van der Waals surface area (Å²) in [5.74, 6) is -0.492. The summed E-state index contributed by atoms with van der Waals surface area (Å²) in [4.78, 5) is 25.9. The molecule has 1 aliphatic rings. The minimum absolute atomic E-state index is 0.0167. The Labute approximate surface area is 127 Å². The lowest BCUT2D eigenvalue weighted by atomic mass is 10.2. The molecule has 0 bridgehead atoms. The van der Waals surface area contributed by atoms with Crippen molar-refractivity contribution < 1.29 is 14.3 Å². The van der Waals surface area contributed by atoms with Crippen molar-refractivity contribution in [1.82, 2.24) is 9.47 Å². The van der Waals surface area contributed by atoms with Crippen LogP contribution >= 0.6 is 15.9 Å². The van der Waals surface area contributed by atoms with E-state index < -0.39 is 0 Å². The van der Waals surface area contributed by atoms with E-state index in [1.165, 1.54) is 7.11 Å². The van der Waals surface area contributed by atoms with E-state index in [-0.39, 0.29) is 24.5 Å². The van der Waals surface area contributed by atoms with Crippen LogP contribution in [0.1, 0.15) is 36.2 Å². The third-order valence-corrected chi connectivity index (χ3v) is 4.18. The maximum absolute atomic E-state index is 12.7. The Morgan fingerprint density at radius 2 is 2.10 bits per heavy atom. The quantitative estimate of drug-likeness (QED) is 0.789. The predicted molar refractivity (Wildman–Crippen MR) is 78.4 cm³/mol. The fraction of sp³-hybridized carbons (Fsp3) is 0.571. The van der Waals surface area contributed by atoms with Crippen molar-refractivity contribution in [3.63, 3.8) is 0 Å². The van der Waals surface area contributed by atoms with E-state index in [0.717, 1.165) is 30.2 Å². The van der Waals surface area contributed by atoms with Crippen molar-refractivity contribution in [1.29, 1.82) is 0 Å². The van der Waals surface area contributed by atoms with Gasteiger partial charge in [0.05, 0.1) is 7.11 Å². The molecule has 1 heterocycles. The van der Waals surface area contributed by atoms with Crippen molar-refractivity contribution in [2.75, 3.05) is 13.7 Å². The van der Waals surface area contributed by atoms with Crippen LogP contribution in [0.5, 0.6) is 0 Å². The van der Waals surface area contributed by atoms with E-state index in [1.54, 1.807) is 15.5 Å². The largest absolute Gasteiger partial charge is 0.468 e. The van der Waals surface area contributed by atoms with Crippen molar-refractivity contribution in [3.05, 3.63) is 22.4 Å². The fourth-order valence-corrected chi connectivity index (χ4v) is 3.19. The molecule has 0 spiro atoms. The van der Waals surface area contributed by atoms with Crippen LogP contribution in [0.15, 0.2) is 16.7 Å². The van der Waals surface area contributed by atoms with Gasteiger partial charge in [-0.3, -0.25) is 9.59 Å². The molecule has 0 N–H and O–H groups in total. The van der Waals surface area contributed by atoms with E-state index in [2.05, 4.69) is 15.9 Å². The zero-order valence-corrected chi connectivity index (χ0v) is 13.4. The number of aromatic nitrogens is 1. The molecule has 5 nitrogen and oxygen atoms in total. The second kappa shape index (κ2) is 6.43. The van der Waals surface area contributed by atoms with Crippen LogP contribution in [-0.4, -0.2) is 41.0 Å². The van der Waals surface area contributed by atoms with Gasteiger partial charge in [0.2, 0.25) is 0 Å². The maximum atomic E-state index is 12.7. The minimum Gasteiger partial charge on any atom is -0.468 e. The zero-order valence-electron chi connectivity index (χ0n) is 11.8. The first-order valence-electron chi connectivity index (χ1n) is 6.72. The molecule has 0 aromatic carbocycles. The Kier molecular flexibility index (Phi) is 4.86. The average molecular weight is 343 g/mol. The molecule has 2 rings (SSSR count). The summed E-state index contributed by atoms with van der Waals surface area (Å²) in [6.07, 6.45) is 5.94. The lowest BCUT2D eigenvalue weighted by molar-refractivity contribution is -0.141. The van der Waals surface area contributed by atoms with Crippen molar-refractivity contribution in [3.8, 4) is 0 Å². The van der Waals surface area contributed by atoms with Crippen molar-refractivity contribution in [2.24, 2.45) is 7.05 Å². The third-order valence-electron chi connectivity index (χ3n) is 3.74. The van der Waals surface area contributed by atoms with E-state index in [9.17, 15) is 9.59 Å². The van der Waals surface area contributed by atoms with Crippen molar-refractivity contribution in [2.45, 2.75) is 31.7 Å². The van der Waals surface area contributed by atoms with Crippen LogP contribution < -0.4 is 0 Å². The number of amides is 1. The summed E-state index contributed by atoms with van der Waals surface area (Å²) >= 11 is 3.37. The normalized spacial score (nSPS) is 15.3. The Bertz CT molecular complexity index is 507. The van der Waals surface area contributed by atoms with Crippen LogP contribution in [0, 0.1) is 0 Å². The van der Waals surface area contributed by atoms with Gasteiger partial charge in [-0.05, 0) is 34.8 Å². The standard InChI is InChI=1S/C14H19BrN2O3/c1-16-8-10(15)7-12(16)14(19)17(9-13(18)20-2)11-5-3-4-6-11/h7-8,11H,3-6,9H2,1-2H3. The summed E-state index contributed by atoms with van der Waals surface area (Å²) in [6.45, 7) is 0.0167. The molecule has 20 heavy (non-hydrogen) atoms. The first kappa shape index (κ1) is 15.1. The molecule has 0 saturated heterocycles. The number of aryl methyl sites for hydroxylation is 1. The third kappa shape index (κ3) is 3.23. The second-order valence-corrected chi connectivity index (χ2v) is 6.02. The topological polar surface area (TPSA) is 51.5 Å². The molecule has 0 unspecified atom stereocenters. The molecule has 1 aromatic heterocycles. The lowest BCUT2D eigenvalue weighted by Crippen LogP contribution is -2.43. The van der Waals surface area contributed by atoms with Crippen LogP contribution in [0.4, 0.5) is 0 Å². The molecular weight excluding hydrogens is 324 g/mol. The first-order valence-corrected chi connectivity index (χ1v) is 7.52. The average Bonchev–Trinajstić information content (AvgIpc) is 3.04. The number of hydrogen-bond donors (Lipinski definition) is 0. The second-order valence-electron chi connectivity index (χ2n) is 5.10. The van der Waals surface area contributed by atoms with E-state index >= 15 is 0 Å². The highest BCUT2D eigenvalue weighted by molar-refractivity contribution is 9.10. The van der Waals surface area contributed by atoms with Gasteiger partial charge in [0, 0.05) is 23.8 Å². The summed E-state index contributed by atoms with van der Waals surface area (Å²) in [5.41, 5.74) is 0.577. The van der Waals surface area contributed by atoms with Crippen LogP contribution in [-0.2, 0) is 16.6 Å². The van der Waals surface area contributed by atoms with Gasteiger partial charge in [0.25, 0.3) is 5.91 Å². The number of ether oxygens (including phenoxy) is 1. The lowest BCUT2D eigenvalue weighted by Gasteiger charge is -2.28. The molecule has 1 aliphatic carbocycles. The summed E-state index contributed by atoms with van der Waals surface area (Å²) in [7, 11) is 3.17. The van der Waals surface area contributed by atoms with E-state index in [0.29, 0.717) is 5.69 Å². The molecule has 0 aliphatic heterocycles. The highest BCUT2D eigenvalue weighted by Crippen LogP contribution is 2.25. The van der Waals surface area contributed by atoms with Gasteiger partial charge in [0.15, 0.2) is 0 Å².